The number of aliphatic hydroxyl groups is 3. The average molecular weight is 352 g/mol. The van der Waals surface area contributed by atoms with Crippen LogP contribution in [0.4, 0.5) is 0 Å². The fourth-order valence-corrected chi connectivity index (χ4v) is 2.07. The third-order valence-electron chi connectivity index (χ3n) is 3.68. The summed E-state index contributed by atoms with van der Waals surface area (Å²) in [5.74, 6) is -4.93. The van der Waals surface area contributed by atoms with Gasteiger partial charge < -0.3 is 20.4 Å². The number of unbranched alkanes of at least 4 members (excludes halogenated alkanes) is 5. The minimum atomic E-state index is -3.09. The second-order valence-corrected chi connectivity index (χ2v) is 5.95. The van der Waals surface area contributed by atoms with Crippen LogP contribution in [-0.2, 0) is 4.79 Å². The molecule has 0 aromatic heterocycles. The molecule has 25 heavy (non-hydrogen) atoms. The number of hydrogen-bond donors (Lipinski definition) is 4. The highest BCUT2D eigenvalue weighted by molar-refractivity contribution is 5.75. The first kappa shape index (κ1) is 23.3. The molecule has 0 fully saturated rings. The molecule has 5 nitrogen and oxygen atoms in total. The maximum absolute atomic E-state index is 10.5. The summed E-state index contributed by atoms with van der Waals surface area (Å²) < 4.78 is 0. The lowest BCUT2D eigenvalue weighted by atomic mass is 10.0. The Bertz CT molecular complexity index is 461. The number of carboxylic acid groups (broad SMARTS) is 1. The second kappa shape index (κ2) is 14.6. The van der Waals surface area contributed by atoms with Crippen molar-refractivity contribution < 1.29 is 25.2 Å². The summed E-state index contributed by atoms with van der Waals surface area (Å²) in [6.45, 7) is 2.21. The minimum absolute atomic E-state index is 0.00366. The van der Waals surface area contributed by atoms with Gasteiger partial charge in [-0.25, -0.2) is 4.79 Å². The van der Waals surface area contributed by atoms with E-state index < -0.39 is 17.9 Å². The number of carboxylic acids is 1. The Labute approximate surface area is 150 Å². The van der Waals surface area contributed by atoms with E-state index in [1.54, 1.807) is 0 Å². The van der Waals surface area contributed by atoms with Crippen LogP contribution < -0.4 is 0 Å². The molecule has 0 saturated heterocycles. The van der Waals surface area contributed by atoms with Gasteiger partial charge in [-0.2, -0.15) is 0 Å². The first-order chi connectivity index (χ1) is 11.9. The molecule has 0 saturated carbocycles. The van der Waals surface area contributed by atoms with Crippen LogP contribution in [0.15, 0.2) is 48.6 Å². The zero-order valence-corrected chi connectivity index (χ0v) is 15.1. The Hall–Kier alpha value is -1.69. The Kier molecular flexibility index (Phi) is 13.6. The second-order valence-electron chi connectivity index (χ2n) is 5.95. The lowest BCUT2D eigenvalue weighted by Crippen LogP contribution is -2.49. The van der Waals surface area contributed by atoms with Crippen LogP contribution in [0.3, 0.4) is 0 Å². The Morgan fingerprint density at radius 2 is 1.40 bits per heavy atom. The first-order valence-electron chi connectivity index (χ1n) is 8.94. The van der Waals surface area contributed by atoms with Gasteiger partial charge in [-0.15, -0.1) is 0 Å². The summed E-state index contributed by atoms with van der Waals surface area (Å²) in [7, 11) is 0. The van der Waals surface area contributed by atoms with E-state index in [0.29, 0.717) is 12.8 Å². The quantitative estimate of drug-likeness (QED) is 0.218. The molecule has 0 aliphatic carbocycles. The zero-order valence-electron chi connectivity index (χ0n) is 15.1. The Balaban J connectivity index is 3.77. The van der Waals surface area contributed by atoms with E-state index in [4.69, 9.17) is 15.3 Å². The molecule has 0 rings (SSSR count). The van der Waals surface area contributed by atoms with Crippen LogP contribution in [0.5, 0.6) is 0 Å². The van der Waals surface area contributed by atoms with E-state index in [1.165, 1.54) is 25.7 Å². The molecule has 0 bridgehead atoms. The third kappa shape index (κ3) is 12.3. The van der Waals surface area contributed by atoms with Crippen LogP contribution in [0.2, 0.25) is 0 Å². The van der Waals surface area contributed by atoms with Crippen molar-refractivity contribution in [2.45, 2.75) is 70.2 Å². The summed E-state index contributed by atoms with van der Waals surface area (Å²) in [6, 6.07) is 0. The molecule has 0 aliphatic heterocycles. The van der Waals surface area contributed by atoms with E-state index >= 15 is 0 Å². The number of hydrogen-bond acceptors (Lipinski definition) is 4. The highest BCUT2D eigenvalue weighted by atomic mass is 16.6. The number of carbonyl (C=O) groups is 1. The number of allylic oxidation sites excluding steroid dienone is 8. The van der Waals surface area contributed by atoms with Gasteiger partial charge in [0.2, 0.25) is 0 Å². The molecule has 0 amide bonds. The highest BCUT2D eigenvalue weighted by Crippen LogP contribution is 2.13. The molecule has 1 atom stereocenters. The van der Waals surface area contributed by atoms with Crippen LogP contribution in [-0.4, -0.2) is 38.3 Å². The molecular formula is C20H32O5. The molecule has 1 unspecified atom stereocenters. The summed E-state index contributed by atoms with van der Waals surface area (Å²) in [6.07, 6.45) is 21.2. The van der Waals surface area contributed by atoms with Gasteiger partial charge in [0.15, 0.2) is 0 Å². The maximum atomic E-state index is 10.5. The van der Waals surface area contributed by atoms with Gasteiger partial charge in [-0.1, -0.05) is 74.8 Å². The lowest BCUT2D eigenvalue weighted by molar-refractivity contribution is -0.237. The van der Waals surface area contributed by atoms with E-state index in [-0.39, 0.29) is 6.42 Å². The fourth-order valence-electron chi connectivity index (χ4n) is 2.07. The first-order valence-corrected chi connectivity index (χ1v) is 8.94. The van der Waals surface area contributed by atoms with Crippen LogP contribution in [0.1, 0.15) is 58.3 Å². The molecule has 0 aromatic rings. The topological polar surface area (TPSA) is 98.0 Å². The van der Waals surface area contributed by atoms with Gasteiger partial charge >= 0.3 is 5.97 Å². The highest BCUT2D eigenvalue weighted by Gasteiger charge is 2.40. The smallest absolute Gasteiger partial charge is 0.366 e. The van der Waals surface area contributed by atoms with Crippen molar-refractivity contribution in [2.24, 2.45) is 0 Å². The number of aliphatic carboxylic acids is 1. The Morgan fingerprint density at radius 3 is 1.92 bits per heavy atom. The lowest BCUT2D eigenvalue weighted by Gasteiger charge is -2.22. The van der Waals surface area contributed by atoms with Crippen LogP contribution >= 0.6 is 0 Å². The molecule has 5 heteroatoms. The molecule has 0 radical (unpaired) electrons. The molecule has 142 valence electrons. The minimum Gasteiger partial charge on any atom is -0.477 e. The monoisotopic (exact) mass is 352 g/mol. The van der Waals surface area contributed by atoms with Gasteiger partial charge in [0.25, 0.3) is 5.79 Å². The van der Waals surface area contributed by atoms with Gasteiger partial charge in [0, 0.05) is 0 Å². The normalized spacial score (nSPS) is 14.4. The SMILES string of the molecule is CCCCCC/C=C/C=C\C=C\C=C\CCCC(O)C(O)(O)C(=O)O. The predicted molar refractivity (Wildman–Crippen MR) is 100.0 cm³/mol. The number of aliphatic hydroxyl groups excluding tert-OH is 1. The van der Waals surface area contributed by atoms with Crippen LogP contribution in [0, 0.1) is 0 Å². The van der Waals surface area contributed by atoms with Crippen molar-refractivity contribution in [3.8, 4) is 0 Å². The van der Waals surface area contributed by atoms with Gasteiger partial charge in [-0.3, -0.25) is 0 Å². The summed E-state index contributed by atoms with van der Waals surface area (Å²) >= 11 is 0. The van der Waals surface area contributed by atoms with E-state index in [0.717, 1.165) is 6.42 Å². The van der Waals surface area contributed by atoms with Crippen molar-refractivity contribution in [1.82, 2.24) is 0 Å². The van der Waals surface area contributed by atoms with Crippen molar-refractivity contribution >= 4 is 5.97 Å². The molecule has 4 N–H and O–H groups in total. The standard InChI is InChI=1S/C20H32O5/c1-2-3-4-5-6-7-8-9-10-11-12-13-14-15-16-17-18(21)20(24,25)19(22)23/h7-14,18,21,24-25H,2-6,15-17H2,1H3,(H,22,23)/b8-7+,10-9-,12-11+,14-13+. The summed E-state index contributed by atoms with van der Waals surface area (Å²) in [4.78, 5) is 10.5. The summed E-state index contributed by atoms with van der Waals surface area (Å²) in [5.41, 5.74) is 0. The van der Waals surface area contributed by atoms with E-state index in [1.807, 2.05) is 42.5 Å². The molecule has 0 heterocycles. The van der Waals surface area contributed by atoms with Crippen molar-refractivity contribution in [3.05, 3.63) is 48.6 Å². The van der Waals surface area contributed by atoms with Gasteiger partial charge in [0.1, 0.15) is 6.10 Å². The zero-order chi connectivity index (χ0) is 19.0. The average Bonchev–Trinajstić information content (AvgIpc) is 2.57. The van der Waals surface area contributed by atoms with E-state index in [9.17, 15) is 9.90 Å². The maximum Gasteiger partial charge on any atom is 0.366 e. The predicted octanol–water partition coefficient (Wildman–Crippen LogP) is 3.48. The van der Waals surface area contributed by atoms with Crippen molar-refractivity contribution in [1.29, 1.82) is 0 Å². The fraction of sp³-hybridized carbons (Fsp3) is 0.550. The molecule has 0 aromatic carbocycles. The molecule has 0 aliphatic rings. The van der Waals surface area contributed by atoms with Gasteiger partial charge in [-0.05, 0) is 32.1 Å². The van der Waals surface area contributed by atoms with E-state index in [2.05, 4.69) is 13.0 Å². The van der Waals surface area contributed by atoms with Crippen molar-refractivity contribution in [2.75, 3.05) is 0 Å². The Morgan fingerprint density at radius 1 is 0.880 bits per heavy atom. The largest absolute Gasteiger partial charge is 0.477 e. The van der Waals surface area contributed by atoms with Gasteiger partial charge in [0.05, 0.1) is 0 Å². The van der Waals surface area contributed by atoms with Crippen LogP contribution in [0.25, 0.3) is 0 Å². The molecular weight excluding hydrogens is 320 g/mol. The summed E-state index contributed by atoms with van der Waals surface area (Å²) in [5, 5.41) is 36.2. The molecule has 0 spiro atoms. The third-order valence-corrected chi connectivity index (χ3v) is 3.68. The number of rotatable bonds is 14. The van der Waals surface area contributed by atoms with Crippen molar-refractivity contribution in [3.63, 3.8) is 0 Å².